The highest BCUT2D eigenvalue weighted by atomic mass is 16.2. The average Bonchev–Trinajstić information content (AvgIpc) is 2.47. The summed E-state index contributed by atoms with van der Waals surface area (Å²) < 4.78 is 0. The van der Waals surface area contributed by atoms with E-state index in [1.165, 1.54) is 5.56 Å². The molecule has 0 spiro atoms. The van der Waals surface area contributed by atoms with Crippen molar-refractivity contribution < 1.29 is 4.79 Å². The summed E-state index contributed by atoms with van der Waals surface area (Å²) in [5.41, 5.74) is 1.30. The van der Waals surface area contributed by atoms with Gasteiger partial charge in [-0.3, -0.25) is 4.79 Å². The first-order chi connectivity index (χ1) is 10.4. The lowest BCUT2D eigenvalue weighted by Crippen LogP contribution is -2.41. The molecule has 0 bridgehead atoms. The Morgan fingerprint density at radius 3 is 2.36 bits per heavy atom. The molecule has 5 nitrogen and oxygen atoms in total. The number of amides is 1. The standard InChI is InChI=1S/C17H22N4O/c1-17(2,3)19-16(22)14-9-10-15(21-20-14)18-12-11-13-7-5-4-6-8-13/h4-10H,11-12H2,1-3H3,(H,18,21)(H,19,22). The Bertz CT molecular complexity index is 603. The molecule has 0 aliphatic heterocycles. The maximum absolute atomic E-state index is 11.9. The number of carbonyl (C=O) groups excluding carboxylic acids is 1. The molecule has 1 heterocycles. The van der Waals surface area contributed by atoms with Gasteiger partial charge in [-0.1, -0.05) is 30.3 Å². The van der Waals surface area contributed by atoms with Crippen LogP contribution in [0.15, 0.2) is 42.5 Å². The van der Waals surface area contributed by atoms with E-state index in [1.807, 2.05) is 39.0 Å². The normalized spacial score (nSPS) is 11.0. The summed E-state index contributed by atoms with van der Waals surface area (Å²) in [6.07, 6.45) is 0.911. The Labute approximate surface area is 131 Å². The monoisotopic (exact) mass is 298 g/mol. The van der Waals surface area contributed by atoms with Crippen LogP contribution in [0.25, 0.3) is 0 Å². The highest BCUT2D eigenvalue weighted by molar-refractivity contribution is 5.92. The summed E-state index contributed by atoms with van der Waals surface area (Å²) in [5, 5.41) is 14.1. The molecule has 2 aromatic rings. The van der Waals surface area contributed by atoms with Gasteiger partial charge in [-0.05, 0) is 44.9 Å². The molecule has 1 aromatic heterocycles. The van der Waals surface area contributed by atoms with Crippen LogP contribution in [-0.4, -0.2) is 28.2 Å². The minimum absolute atomic E-state index is 0.212. The van der Waals surface area contributed by atoms with Crippen LogP contribution in [0.2, 0.25) is 0 Å². The second-order valence-corrected chi connectivity index (χ2v) is 6.17. The number of hydrogen-bond acceptors (Lipinski definition) is 4. The largest absolute Gasteiger partial charge is 0.368 e. The molecule has 0 aliphatic carbocycles. The maximum Gasteiger partial charge on any atom is 0.272 e. The SMILES string of the molecule is CC(C)(C)NC(=O)c1ccc(NCCc2ccccc2)nn1. The van der Waals surface area contributed by atoms with Gasteiger partial charge in [0.1, 0.15) is 5.82 Å². The number of anilines is 1. The first-order valence-electron chi connectivity index (χ1n) is 7.38. The Balaban J connectivity index is 1.85. The number of rotatable bonds is 5. The lowest BCUT2D eigenvalue weighted by molar-refractivity contribution is 0.0913. The zero-order chi connectivity index (χ0) is 16.0. The third-order valence-corrected chi connectivity index (χ3v) is 2.95. The molecule has 0 unspecified atom stereocenters. The number of nitrogens with one attached hydrogen (secondary N) is 2. The van der Waals surface area contributed by atoms with Gasteiger partial charge >= 0.3 is 0 Å². The molecule has 0 fully saturated rings. The molecule has 2 N–H and O–H groups in total. The number of hydrogen-bond donors (Lipinski definition) is 2. The third-order valence-electron chi connectivity index (χ3n) is 2.95. The second-order valence-electron chi connectivity index (χ2n) is 6.17. The van der Waals surface area contributed by atoms with E-state index in [4.69, 9.17) is 0 Å². The predicted octanol–water partition coefficient (Wildman–Crippen LogP) is 2.66. The molecule has 2 rings (SSSR count). The van der Waals surface area contributed by atoms with Gasteiger partial charge in [-0.2, -0.15) is 0 Å². The van der Waals surface area contributed by atoms with Crippen molar-refractivity contribution in [3.05, 3.63) is 53.7 Å². The fraction of sp³-hybridized carbons (Fsp3) is 0.353. The van der Waals surface area contributed by atoms with E-state index in [0.717, 1.165) is 13.0 Å². The number of aromatic nitrogens is 2. The molecule has 0 saturated carbocycles. The van der Waals surface area contributed by atoms with Crippen molar-refractivity contribution in [2.45, 2.75) is 32.7 Å². The summed E-state index contributed by atoms with van der Waals surface area (Å²) in [5.74, 6) is 0.457. The lowest BCUT2D eigenvalue weighted by atomic mass is 10.1. The van der Waals surface area contributed by atoms with Crippen LogP contribution in [0.4, 0.5) is 5.82 Å². The van der Waals surface area contributed by atoms with Crippen LogP contribution < -0.4 is 10.6 Å². The van der Waals surface area contributed by atoms with Crippen molar-refractivity contribution in [2.24, 2.45) is 0 Å². The number of nitrogens with zero attached hydrogens (tertiary/aromatic N) is 2. The highest BCUT2D eigenvalue weighted by Gasteiger charge is 2.16. The van der Waals surface area contributed by atoms with Gasteiger partial charge in [0, 0.05) is 12.1 Å². The smallest absolute Gasteiger partial charge is 0.272 e. The van der Waals surface area contributed by atoms with E-state index < -0.39 is 0 Å². The summed E-state index contributed by atoms with van der Waals surface area (Å²) in [6, 6.07) is 13.7. The zero-order valence-electron chi connectivity index (χ0n) is 13.3. The Morgan fingerprint density at radius 1 is 1.05 bits per heavy atom. The van der Waals surface area contributed by atoms with Crippen molar-refractivity contribution in [2.75, 3.05) is 11.9 Å². The molecule has 0 saturated heterocycles. The van der Waals surface area contributed by atoms with Crippen molar-refractivity contribution in [1.82, 2.24) is 15.5 Å². The van der Waals surface area contributed by atoms with Gasteiger partial charge in [0.15, 0.2) is 5.69 Å². The van der Waals surface area contributed by atoms with Gasteiger partial charge in [-0.15, -0.1) is 10.2 Å². The van der Waals surface area contributed by atoms with E-state index in [2.05, 4.69) is 33.0 Å². The molecular weight excluding hydrogens is 276 g/mol. The summed E-state index contributed by atoms with van der Waals surface area (Å²) >= 11 is 0. The van der Waals surface area contributed by atoms with Crippen LogP contribution in [0.1, 0.15) is 36.8 Å². The van der Waals surface area contributed by atoms with Crippen molar-refractivity contribution >= 4 is 11.7 Å². The van der Waals surface area contributed by atoms with E-state index in [9.17, 15) is 4.79 Å². The van der Waals surface area contributed by atoms with Crippen LogP contribution in [0.5, 0.6) is 0 Å². The third kappa shape index (κ3) is 5.16. The minimum atomic E-state index is -0.286. The molecule has 5 heteroatoms. The maximum atomic E-state index is 11.9. The summed E-state index contributed by atoms with van der Waals surface area (Å²) in [6.45, 7) is 6.56. The quantitative estimate of drug-likeness (QED) is 0.890. The van der Waals surface area contributed by atoms with Gasteiger partial charge in [0.05, 0.1) is 0 Å². The molecule has 22 heavy (non-hydrogen) atoms. The first kappa shape index (κ1) is 15.9. The van der Waals surface area contributed by atoms with E-state index in [0.29, 0.717) is 11.5 Å². The van der Waals surface area contributed by atoms with Gasteiger partial charge in [0.25, 0.3) is 5.91 Å². The van der Waals surface area contributed by atoms with E-state index >= 15 is 0 Å². The zero-order valence-corrected chi connectivity index (χ0v) is 13.3. The highest BCUT2D eigenvalue weighted by Crippen LogP contribution is 2.06. The number of carbonyl (C=O) groups is 1. The Morgan fingerprint density at radius 2 is 1.77 bits per heavy atom. The Kier molecular flexibility index (Phi) is 5.09. The number of benzene rings is 1. The van der Waals surface area contributed by atoms with Crippen LogP contribution >= 0.6 is 0 Å². The molecule has 116 valence electrons. The molecule has 0 atom stereocenters. The van der Waals surface area contributed by atoms with Gasteiger partial charge in [0.2, 0.25) is 0 Å². The molecule has 1 amide bonds. The second kappa shape index (κ2) is 7.02. The fourth-order valence-electron chi connectivity index (χ4n) is 1.93. The van der Waals surface area contributed by atoms with E-state index in [-0.39, 0.29) is 11.4 Å². The molecule has 0 radical (unpaired) electrons. The van der Waals surface area contributed by atoms with Gasteiger partial charge in [-0.25, -0.2) is 0 Å². The van der Waals surface area contributed by atoms with Crippen molar-refractivity contribution in [3.63, 3.8) is 0 Å². The molecule has 1 aromatic carbocycles. The summed E-state index contributed by atoms with van der Waals surface area (Å²) in [4.78, 5) is 11.9. The van der Waals surface area contributed by atoms with E-state index in [1.54, 1.807) is 12.1 Å². The van der Waals surface area contributed by atoms with Crippen LogP contribution in [-0.2, 0) is 6.42 Å². The van der Waals surface area contributed by atoms with Crippen molar-refractivity contribution in [1.29, 1.82) is 0 Å². The summed E-state index contributed by atoms with van der Waals surface area (Å²) in [7, 11) is 0. The van der Waals surface area contributed by atoms with Crippen LogP contribution in [0.3, 0.4) is 0 Å². The lowest BCUT2D eigenvalue weighted by Gasteiger charge is -2.19. The first-order valence-corrected chi connectivity index (χ1v) is 7.38. The van der Waals surface area contributed by atoms with Gasteiger partial charge < -0.3 is 10.6 Å². The predicted molar refractivity (Wildman–Crippen MR) is 87.9 cm³/mol. The molecular formula is C17H22N4O. The van der Waals surface area contributed by atoms with Crippen LogP contribution in [0, 0.1) is 0 Å². The minimum Gasteiger partial charge on any atom is -0.368 e. The molecule has 0 aliphatic rings. The average molecular weight is 298 g/mol. The fourth-order valence-corrected chi connectivity index (χ4v) is 1.93. The topological polar surface area (TPSA) is 66.9 Å². The Hall–Kier alpha value is -2.43. The van der Waals surface area contributed by atoms with Crippen molar-refractivity contribution in [3.8, 4) is 0 Å².